The number of nitro groups is 1. The van der Waals surface area contributed by atoms with Crippen LogP contribution in [0.2, 0.25) is 0 Å². The van der Waals surface area contributed by atoms with Gasteiger partial charge in [-0.25, -0.2) is 0 Å². The summed E-state index contributed by atoms with van der Waals surface area (Å²) in [6.45, 7) is 1.65. The van der Waals surface area contributed by atoms with Gasteiger partial charge in [-0.2, -0.15) is 0 Å². The van der Waals surface area contributed by atoms with Crippen LogP contribution in [0.4, 0.5) is 5.69 Å². The Kier molecular flexibility index (Phi) is 3.28. The Morgan fingerprint density at radius 3 is 2.74 bits per heavy atom. The molecule has 23 heavy (non-hydrogen) atoms. The van der Waals surface area contributed by atoms with Crippen LogP contribution in [0.3, 0.4) is 0 Å². The van der Waals surface area contributed by atoms with Crippen LogP contribution in [0, 0.1) is 10.1 Å². The van der Waals surface area contributed by atoms with Crippen molar-refractivity contribution in [2.75, 3.05) is 6.54 Å². The third-order valence-electron chi connectivity index (χ3n) is 4.27. The van der Waals surface area contributed by atoms with E-state index in [1.54, 1.807) is 12.1 Å². The van der Waals surface area contributed by atoms with Gasteiger partial charge in [0, 0.05) is 42.7 Å². The summed E-state index contributed by atoms with van der Waals surface area (Å²) >= 11 is 0. The first kappa shape index (κ1) is 13.8. The van der Waals surface area contributed by atoms with Crippen molar-refractivity contribution in [3.63, 3.8) is 0 Å². The molecular weight excluding hydrogens is 290 g/mol. The van der Waals surface area contributed by atoms with Gasteiger partial charge in [-0.15, -0.1) is 0 Å². The lowest BCUT2D eigenvalue weighted by molar-refractivity contribution is -0.384. The summed E-state index contributed by atoms with van der Waals surface area (Å²) in [6, 6.07) is 15.0. The fraction of sp³-hybridized carbons (Fsp3) is 0.167. The maximum Gasteiger partial charge on any atom is 0.270 e. The third kappa shape index (κ3) is 2.35. The second-order valence-electron chi connectivity index (χ2n) is 5.66. The molecule has 4 rings (SSSR count). The van der Waals surface area contributed by atoms with Crippen molar-refractivity contribution in [1.29, 1.82) is 0 Å². The zero-order chi connectivity index (χ0) is 15.8. The van der Waals surface area contributed by atoms with Crippen molar-refractivity contribution in [2.24, 2.45) is 0 Å². The minimum absolute atomic E-state index is 0.0974. The number of nitrogens with one attached hydrogen (secondary N) is 1. The molecule has 114 valence electrons. The number of non-ortho nitro benzene ring substituents is 1. The van der Waals surface area contributed by atoms with Gasteiger partial charge in [-0.3, -0.25) is 15.1 Å². The predicted octanol–water partition coefficient (Wildman–Crippen LogP) is 3.46. The maximum atomic E-state index is 11.2. The number of fused-ring (bicyclic) bond motifs is 2. The Balaban J connectivity index is 2.09. The topological polar surface area (TPSA) is 68.1 Å². The van der Waals surface area contributed by atoms with E-state index in [4.69, 9.17) is 4.98 Å². The molecule has 1 aliphatic rings. The van der Waals surface area contributed by atoms with E-state index in [1.165, 1.54) is 6.07 Å². The van der Waals surface area contributed by atoms with Gasteiger partial charge in [0.25, 0.3) is 5.69 Å². The first-order valence-corrected chi connectivity index (χ1v) is 7.60. The highest BCUT2D eigenvalue weighted by atomic mass is 16.6. The molecule has 0 unspecified atom stereocenters. The van der Waals surface area contributed by atoms with E-state index in [0.29, 0.717) is 0 Å². The molecule has 2 aromatic carbocycles. The molecule has 0 atom stereocenters. The SMILES string of the molecule is O=[N+]([O-])c1ccc2nc3c(c(-c4ccccc4)c2c1)CNCC3. The van der Waals surface area contributed by atoms with Gasteiger partial charge in [0.15, 0.2) is 0 Å². The molecule has 1 aliphatic heterocycles. The van der Waals surface area contributed by atoms with Crippen molar-refractivity contribution in [1.82, 2.24) is 10.3 Å². The zero-order valence-corrected chi connectivity index (χ0v) is 12.5. The Morgan fingerprint density at radius 1 is 1.13 bits per heavy atom. The Bertz CT molecular complexity index is 907. The number of benzene rings is 2. The molecule has 0 bridgehead atoms. The fourth-order valence-electron chi connectivity index (χ4n) is 3.21. The summed E-state index contributed by atoms with van der Waals surface area (Å²) in [4.78, 5) is 15.5. The van der Waals surface area contributed by atoms with Gasteiger partial charge in [-0.1, -0.05) is 30.3 Å². The highest BCUT2D eigenvalue weighted by Crippen LogP contribution is 2.35. The lowest BCUT2D eigenvalue weighted by Gasteiger charge is -2.21. The zero-order valence-electron chi connectivity index (χ0n) is 12.5. The van der Waals surface area contributed by atoms with Crippen LogP contribution >= 0.6 is 0 Å². The summed E-state index contributed by atoms with van der Waals surface area (Å²) in [5, 5.41) is 15.4. The number of hydrogen-bond acceptors (Lipinski definition) is 4. The van der Waals surface area contributed by atoms with E-state index < -0.39 is 0 Å². The molecule has 0 aliphatic carbocycles. The van der Waals surface area contributed by atoms with E-state index in [2.05, 4.69) is 5.32 Å². The van der Waals surface area contributed by atoms with Gasteiger partial charge < -0.3 is 5.32 Å². The number of nitrogens with zero attached hydrogens (tertiary/aromatic N) is 2. The van der Waals surface area contributed by atoms with Crippen molar-refractivity contribution in [3.05, 3.63) is 69.9 Å². The molecule has 0 radical (unpaired) electrons. The number of nitro benzene ring substituents is 1. The van der Waals surface area contributed by atoms with Crippen LogP contribution < -0.4 is 5.32 Å². The highest BCUT2D eigenvalue weighted by Gasteiger charge is 2.20. The standard InChI is InChI=1S/C18H15N3O2/c22-21(23)13-6-7-16-14(10-13)18(12-4-2-1-3-5-12)15-11-19-9-8-17(15)20-16/h1-7,10,19H,8-9,11H2. The fourth-order valence-corrected chi connectivity index (χ4v) is 3.21. The Morgan fingerprint density at radius 2 is 1.96 bits per heavy atom. The highest BCUT2D eigenvalue weighted by molar-refractivity contribution is 5.98. The molecule has 5 heteroatoms. The van der Waals surface area contributed by atoms with Crippen molar-refractivity contribution >= 4 is 16.6 Å². The van der Waals surface area contributed by atoms with Gasteiger partial charge in [0.05, 0.1) is 10.4 Å². The third-order valence-corrected chi connectivity index (χ3v) is 4.27. The monoisotopic (exact) mass is 305 g/mol. The molecule has 2 heterocycles. The molecule has 1 N–H and O–H groups in total. The first-order chi connectivity index (χ1) is 11.2. The minimum Gasteiger partial charge on any atom is -0.312 e. The Hall–Kier alpha value is -2.79. The number of rotatable bonds is 2. The summed E-state index contributed by atoms with van der Waals surface area (Å²) < 4.78 is 0. The lowest BCUT2D eigenvalue weighted by Crippen LogP contribution is -2.25. The van der Waals surface area contributed by atoms with Crippen molar-refractivity contribution < 1.29 is 4.92 Å². The van der Waals surface area contributed by atoms with E-state index in [9.17, 15) is 10.1 Å². The van der Waals surface area contributed by atoms with Crippen LogP contribution in [0.25, 0.3) is 22.0 Å². The molecule has 0 fully saturated rings. The molecule has 1 aromatic heterocycles. The second kappa shape index (κ2) is 5.44. The molecule has 0 saturated heterocycles. The molecule has 3 aromatic rings. The normalized spacial score (nSPS) is 13.7. The summed E-state index contributed by atoms with van der Waals surface area (Å²) in [6.07, 6.45) is 0.877. The van der Waals surface area contributed by atoms with Crippen LogP contribution in [-0.4, -0.2) is 16.5 Å². The van der Waals surface area contributed by atoms with Gasteiger partial charge in [0.2, 0.25) is 0 Å². The van der Waals surface area contributed by atoms with Crippen LogP contribution in [0.1, 0.15) is 11.3 Å². The average molecular weight is 305 g/mol. The molecule has 5 nitrogen and oxygen atoms in total. The first-order valence-electron chi connectivity index (χ1n) is 7.60. The number of aromatic nitrogens is 1. The van der Waals surface area contributed by atoms with Crippen molar-refractivity contribution in [2.45, 2.75) is 13.0 Å². The summed E-state index contributed by atoms with van der Waals surface area (Å²) in [5.41, 5.74) is 5.27. The Labute approximate surface area is 133 Å². The lowest BCUT2D eigenvalue weighted by atomic mass is 9.91. The molecule has 0 saturated carbocycles. The second-order valence-corrected chi connectivity index (χ2v) is 5.66. The molecular formula is C18H15N3O2. The van der Waals surface area contributed by atoms with E-state index >= 15 is 0 Å². The van der Waals surface area contributed by atoms with E-state index in [-0.39, 0.29) is 10.6 Å². The average Bonchev–Trinajstić information content (AvgIpc) is 2.59. The van der Waals surface area contributed by atoms with Crippen LogP contribution in [0.15, 0.2) is 48.5 Å². The quantitative estimate of drug-likeness (QED) is 0.581. The minimum atomic E-state index is -0.355. The summed E-state index contributed by atoms with van der Waals surface area (Å²) in [7, 11) is 0. The summed E-state index contributed by atoms with van der Waals surface area (Å²) in [5.74, 6) is 0. The van der Waals surface area contributed by atoms with E-state index in [1.807, 2.05) is 30.3 Å². The van der Waals surface area contributed by atoms with E-state index in [0.717, 1.165) is 52.8 Å². The van der Waals surface area contributed by atoms with Crippen molar-refractivity contribution in [3.8, 4) is 11.1 Å². The van der Waals surface area contributed by atoms with Gasteiger partial charge in [-0.05, 0) is 22.8 Å². The van der Waals surface area contributed by atoms with Crippen LogP contribution in [0.5, 0.6) is 0 Å². The van der Waals surface area contributed by atoms with Crippen LogP contribution in [-0.2, 0) is 13.0 Å². The smallest absolute Gasteiger partial charge is 0.270 e. The maximum absolute atomic E-state index is 11.2. The molecule has 0 spiro atoms. The predicted molar refractivity (Wildman–Crippen MR) is 89.2 cm³/mol. The largest absolute Gasteiger partial charge is 0.312 e. The van der Waals surface area contributed by atoms with Gasteiger partial charge >= 0.3 is 0 Å². The number of hydrogen-bond donors (Lipinski definition) is 1. The number of pyridine rings is 1. The molecule has 0 amide bonds. The van der Waals surface area contributed by atoms with Gasteiger partial charge in [0.1, 0.15) is 0 Å².